The highest BCUT2D eigenvalue weighted by Crippen LogP contribution is 2.38. The van der Waals surface area contributed by atoms with Gasteiger partial charge in [0.1, 0.15) is 0 Å². The minimum absolute atomic E-state index is 0.0697. The highest BCUT2D eigenvalue weighted by Gasteiger charge is 2.43. The largest absolute Gasteiger partial charge is 0.378 e. The normalized spacial score (nSPS) is 40.6. The summed E-state index contributed by atoms with van der Waals surface area (Å²) in [6.45, 7) is 2.32. The zero-order valence-electron chi connectivity index (χ0n) is 12.8. The molecule has 4 unspecified atom stereocenters. The van der Waals surface area contributed by atoms with Crippen LogP contribution < -0.4 is 5.32 Å². The van der Waals surface area contributed by atoms with E-state index in [2.05, 4.69) is 5.32 Å². The van der Waals surface area contributed by atoms with Crippen LogP contribution in [0.25, 0.3) is 0 Å². The van der Waals surface area contributed by atoms with Gasteiger partial charge in [-0.2, -0.15) is 0 Å². The Morgan fingerprint density at radius 3 is 2.81 bits per heavy atom. The van der Waals surface area contributed by atoms with Crippen LogP contribution in [0.15, 0.2) is 0 Å². The Morgan fingerprint density at radius 1 is 1.33 bits per heavy atom. The lowest BCUT2D eigenvalue weighted by atomic mass is 9.78. The van der Waals surface area contributed by atoms with Gasteiger partial charge in [0, 0.05) is 25.7 Å². The fourth-order valence-electron chi connectivity index (χ4n) is 4.24. The van der Waals surface area contributed by atoms with Gasteiger partial charge in [-0.25, -0.2) is 8.42 Å². The van der Waals surface area contributed by atoms with E-state index in [1.54, 1.807) is 0 Å². The first-order valence-electron chi connectivity index (χ1n) is 8.11. The van der Waals surface area contributed by atoms with Crippen LogP contribution in [0, 0.1) is 11.8 Å². The van der Waals surface area contributed by atoms with Crippen LogP contribution in [0.5, 0.6) is 0 Å². The number of ether oxygens (including phenoxy) is 2. The molecule has 21 heavy (non-hydrogen) atoms. The molecule has 122 valence electrons. The molecule has 3 fully saturated rings. The predicted molar refractivity (Wildman–Crippen MR) is 81.1 cm³/mol. The average molecular weight is 317 g/mol. The summed E-state index contributed by atoms with van der Waals surface area (Å²) in [7, 11) is -0.773. The molecule has 5 nitrogen and oxygen atoms in total. The minimum Gasteiger partial charge on any atom is -0.378 e. The second-order valence-electron chi connectivity index (χ2n) is 6.99. The van der Waals surface area contributed by atoms with E-state index in [0.29, 0.717) is 29.4 Å². The lowest BCUT2D eigenvalue weighted by molar-refractivity contribution is -0.103. The van der Waals surface area contributed by atoms with Crippen LogP contribution in [0.4, 0.5) is 0 Å². The molecule has 0 radical (unpaired) electrons. The first kappa shape index (κ1) is 15.7. The molecule has 3 rings (SSSR count). The summed E-state index contributed by atoms with van der Waals surface area (Å²) >= 11 is 0. The number of hydrogen-bond donors (Lipinski definition) is 1. The molecule has 1 N–H and O–H groups in total. The molecule has 3 aliphatic rings. The molecule has 3 heterocycles. The quantitative estimate of drug-likeness (QED) is 0.837. The van der Waals surface area contributed by atoms with E-state index >= 15 is 0 Å². The van der Waals surface area contributed by atoms with E-state index in [1.807, 2.05) is 7.05 Å². The summed E-state index contributed by atoms with van der Waals surface area (Å²) in [4.78, 5) is 0. The van der Waals surface area contributed by atoms with Gasteiger partial charge in [-0.05, 0) is 44.6 Å². The summed E-state index contributed by atoms with van der Waals surface area (Å²) in [6, 6.07) is 0.393. The van der Waals surface area contributed by atoms with E-state index in [-0.39, 0.29) is 5.60 Å². The first-order valence-corrected chi connectivity index (χ1v) is 9.93. The summed E-state index contributed by atoms with van der Waals surface area (Å²) in [5.74, 6) is 1.64. The Hall–Kier alpha value is -0.170. The highest BCUT2D eigenvalue weighted by atomic mass is 32.2. The summed E-state index contributed by atoms with van der Waals surface area (Å²) in [5.41, 5.74) is -0.0697. The SMILES string of the molecule is CNC(CC1CCS(=O)(=O)C1)C1CCOC2(CCOC2)C1. The second-order valence-corrected chi connectivity index (χ2v) is 9.22. The highest BCUT2D eigenvalue weighted by molar-refractivity contribution is 7.91. The lowest BCUT2D eigenvalue weighted by Gasteiger charge is -2.41. The van der Waals surface area contributed by atoms with Crippen molar-refractivity contribution in [3.63, 3.8) is 0 Å². The fraction of sp³-hybridized carbons (Fsp3) is 1.00. The van der Waals surface area contributed by atoms with Crippen LogP contribution in [-0.2, 0) is 19.3 Å². The third-order valence-electron chi connectivity index (χ3n) is 5.45. The molecular formula is C15H27NO4S. The molecule has 0 saturated carbocycles. The van der Waals surface area contributed by atoms with E-state index in [1.165, 1.54) is 0 Å². The Bertz CT molecular complexity index is 458. The van der Waals surface area contributed by atoms with Crippen LogP contribution in [0.2, 0.25) is 0 Å². The molecular weight excluding hydrogens is 290 g/mol. The van der Waals surface area contributed by atoms with Crippen molar-refractivity contribution in [2.24, 2.45) is 11.8 Å². The van der Waals surface area contributed by atoms with Crippen LogP contribution in [0.1, 0.15) is 32.1 Å². The van der Waals surface area contributed by atoms with Crippen molar-refractivity contribution in [1.29, 1.82) is 0 Å². The van der Waals surface area contributed by atoms with Gasteiger partial charge in [-0.15, -0.1) is 0 Å². The molecule has 1 spiro atoms. The Kier molecular flexibility index (Phi) is 4.60. The zero-order valence-corrected chi connectivity index (χ0v) is 13.7. The van der Waals surface area contributed by atoms with E-state index in [4.69, 9.17) is 9.47 Å². The molecule has 0 amide bonds. The Balaban J connectivity index is 1.60. The second kappa shape index (κ2) is 6.14. The van der Waals surface area contributed by atoms with Gasteiger partial charge in [0.05, 0.1) is 23.7 Å². The monoisotopic (exact) mass is 317 g/mol. The Labute approximate surface area is 127 Å². The zero-order chi connectivity index (χ0) is 14.9. The smallest absolute Gasteiger partial charge is 0.150 e. The maximum atomic E-state index is 11.6. The molecule has 4 atom stereocenters. The van der Waals surface area contributed by atoms with Crippen LogP contribution >= 0.6 is 0 Å². The van der Waals surface area contributed by atoms with Gasteiger partial charge < -0.3 is 14.8 Å². The maximum absolute atomic E-state index is 11.6. The van der Waals surface area contributed by atoms with Gasteiger partial charge in [-0.1, -0.05) is 0 Å². The van der Waals surface area contributed by atoms with Crippen molar-refractivity contribution in [2.75, 3.05) is 38.4 Å². The minimum atomic E-state index is -2.77. The predicted octanol–water partition coefficient (Wildman–Crippen LogP) is 0.985. The molecule has 0 aromatic rings. The molecule has 3 saturated heterocycles. The van der Waals surface area contributed by atoms with Crippen molar-refractivity contribution >= 4 is 9.84 Å². The number of rotatable bonds is 4. The molecule has 0 bridgehead atoms. The molecule has 0 aromatic carbocycles. The van der Waals surface area contributed by atoms with E-state index < -0.39 is 9.84 Å². The van der Waals surface area contributed by atoms with Crippen molar-refractivity contribution < 1.29 is 17.9 Å². The van der Waals surface area contributed by atoms with E-state index in [9.17, 15) is 8.42 Å². The molecule has 3 aliphatic heterocycles. The van der Waals surface area contributed by atoms with Crippen LogP contribution in [0.3, 0.4) is 0 Å². The lowest BCUT2D eigenvalue weighted by Crippen LogP contribution is -2.47. The van der Waals surface area contributed by atoms with Crippen molar-refractivity contribution in [2.45, 2.75) is 43.7 Å². The van der Waals surface area contributed by atoms with Crippen LogP contribution in [-0.4, -0.2) is 58.4 Å². The van der Waals surface area contributed by atoms with Crippen molar-refractivity contribution in [3.05, 3.63) is 0 Å². The van der Waals surface area contributed by atoms with Crippen molar-refractivity contribution in [3.8, 4) is 0 Å². The molecule has 6 heteroatoms. The fourth-order valence-corrected chi connectivity index (χ4v) is 6.12. The van der Waals surface area contributed by atoms with Crippen molar-refractivity contribution in [1.82, 2.24) is 5.32 Å². The number of sulfone groups is 1. The van der Waals surface area contributed by atoms with E-state index in [0.717, 1.165) is 51.9 Å². The maximum Gasteiger partial charge on any atom is 0.150 e. The van der Waals surface area contributed by atoms with Gasteiger partial charge in [0.15, 0.2) is 9.84 Å². The standard InChI is InChI=1S/C15H27NO4S/c1-16-14(8-12-3-7-21(17,18)10-12)13-2-5-20-15(9-13)4-6-19-11-15/h12-14,16H,2-11H2,1H3. The topological polar surface area (TPSA) is 64.6 Å². The number of nitrogens with one attached hydrogen (secondary N) is 1. The van der Waals surface area contributed by atoms with Gasteiger partial charge in [0.2, 0.25) is 0 Å². The first-order chi connectivity index (χ1) is 10.0. The third kappa shape index (κ3) is 3.60. The summed E-state index contributed by atoms with van der Waals surface area (Å²) in [5, 5.41) is 3.44. The van der Waals surface area contributed by atoms with Gasteiger partial charge in [0.25, 0.3) is 0 Å². The van der Waals surface area contributed by atoms with Gasteiger partial charge in [-0.3, -0.25) is 0 Å². The number of hydrogen-bond acceptors (Lipinski definition) is 5. The molecule has 0 aliphatic carbocycles. The summed E-state index contributed by atoms with van der Waals surface area (Å²) < 4.78 is 34.8. The summed E-state index contributed by atoms with van der Waals surface area (Å²) in [6.07, 6.45) is 4.90. The average Bonchev–Trinajstić information content (AvgIpc) is 3.03. The third-order valence-corrected chi connectivity index (χ3v) is 7.29. The molecule has 0 aromatic heterocycles. The Morgan fingerprint density at radius 2 is 2.19 bits per heavy atom. The van der Waals surface area contributed by atoms with Gasteiger partial charge >= 0.3 is 0 Å².